The minimum Gasteiger partial charge on any atom is -0.333 e. The van der Waals surface area contributed by atoms with Gasteiger partial charge < -0.3 is 14.8 Å². The number of hydrogen-bond donors (Lipinski definition) is 1. The van der Waals surface area contributed by atoms with Gasteiger partial charge in [0.05, 0.1) is 12.7 Å². The van der Waals surface area contributed by atoms with E-state index < -0.39 is 0 Å². The molecule has 1 aliphatic rings. The van der Waals surface area contributed by atoms with E-state index in [1.54, 1.807) is 6.20 Å². The van der Waals surface area contributed by atoms with Crippen molar-refractivity contribution in [3.8, 4) is 0 Å². The highest BCUT2D eigenvalue weighted by Crippen LogP contribution is 2.26. The molecule has 0 saturated carbocycles. The Morgan fingerprint density at radius 1 is 1.46 bits per heavy atom. The molecule has 130 valence electrons. The number of urea groups is 1. The first-order chi connectivity index (χ1) is 11.5. The van der Waals surface area contributed by atoms with E-state index in [0.29, 0.717) is 18.4 Å². The lowest BCUT2D eigenvalue weighted by atomic mass is 10.0. The molecular weight excluding hydrogens is 304 g/mol. The molecule has 3 rings (SSSR count). The summed E-state index contributed by atoms with van der Waals surface area (Å²) in [6.45, 7) is 7.25. The summed E-state index contributed by atoms with van der Waals surface area (Å²) in [5.41, 5.74) is 1.21. The maximum atomic E-state index is 12.4. The number of carbonyl (C=O) groups is 1. The van der Waals surface area contributed by atoms with E-state index in [1.807, 2.05) is 35.2 Å². The molecule has 7 nitrogen and oxygen atoms in total. The Morgan fingerprint density at radius 2 is 2.29 bits per heavy atom. The third-order valence-corrected chi connectivity index (χ3v) is 4.43. The Bertz CT molecular complexity index is 689. The summed E-state index contributed by atoms with van der Waals surface area (Å²) in [6, 6.07) is -0.0134. The van der Waals surface area contributed by atoms with E-state index in [4.69, 9.17) is 0 Å². The molecule has 0 radical (unpaired) electrons. The molecule has 2 aromatic heterocycles. The highest BCUT2D eigenvalue weighted by atomic mass is 16.2. The number of carbonyl (C=O) groups excluding carboxylic acids is 1. The Balaban J connectivity index is 1.52. The topological polar surface area (TPSA) is 68.0 Å². The Labute approximate surface area is 142 Å². The first kappa shape index (κ1) is 16.5. The Hall–Kier alpha value is -2.31. The van der Waals surface area contributed by atoms with Gasteiger partial charge in [-0.3, -0.25) is 4.68 Å². The molecule has 2 aromatic rings. The second-order valence-electron chi connectivity index (χ2n) is 6.93. The third-order valence-electron chi connectivity index (χ3n) is 4.43. The van der Waals surface area contributed by atoms with Gasteiger partial charge in [0.25, 0.3) is 0 Å². The van der Waals surface area contributed by atoms with Crippen LogP contribution in [0.3, 0.4) is 0 Å². The van der Waals surface area contributed by atoms with Crippen molar-refractivity contribution in [3.63, 3.8) is 0 Å². The first-order valence-corrected chi connectivity index (χ1v) is 8.54. The van der Waals surface area contributed by atoms with Gasteiger partial charge in [0.15, 0.2) is 0 Å². The molecule has 1 aliphatic heterocycles. The molecule has 0 unspecified atom stereocenters. The van der Waals surface area contributed by atoms with Gasteiger partial charge in [0.1, 0.15) is 5.82 Å². The largest absolute Gasteiger partial charge is 0.333 e. The van der Waals surface area contributed by atoms with Gasteiger partial charge in [0.2, 0.25) is 0 Å². The lowest BCUT2D eigenvalue weighted by molar-refractivity contribution is 0.207. The molecule has 0 spiro atoms. The number of nitrogens with zero attached hydrogens (tertiary/aromatic N) is 5. The van der Waals surface area contributed by atoms with Crippen LogP contribution in [0.15, 0.2) is 24.8 Å². The zero-order valence-corrected chi connectivity index (χ0v) is 14.6. The van der Waals surface area contributed by atoms with E-state index >= 15 is 0 Å². The van der Waals surface area contributed by atoms with Crippen molar-refractivity contribution < 1.29 is 4.79 Å². The van der Waals surface area contributed by atoms with E-state index in [0.717, 1.165) is 31.9 Å². The standard InChI is InChI=1S/C17H26N6O/c1-13(2)10-22-7-5-18-16(22)9-19-17(24)23-6-4-14(12-23)15-8-20-21(3)11-15/h5,7-8,11,13-14H,4,6,9-10,12H2,1-3H3,(H,19,24)/t14-/m0/s1. The van der Waals surface area contributed by atoms with Gasteiger partial charge in [-0.1, -0.05) is 13.8 Å². The highest BCUT2D eigenvalue weighted by Gasteiger charge is 2.28. The van der Waals surface area contributed by atoms with Gasteiger partial charge in [-0.2, -0.15) is 5.10 Å². The fourth-order valence-corrected chi connectivity index (χ4v) is 3.20. The number of aryl methyl sites for hydroxylation is 1. The smallest absolute Gasteiger partial charge is 0.317 e. The summed E-state index contributed by atoms with van der Waals surface area (Å²) in [7, 11) is 1.92. The van der Waals surface area contributed by atoms with E-state index in [-0.39, 0.29) is 6.03 Å². The fourth-order valence-electron chi connectivity index (χ4n) is 3.20. The molecule has 1 fully saturated rings. The van der Waals surface area contributed by atoms with Crippen molar-refractivity contribution in [2.24, 2.45) is 13.0 Å². The second-order valence-corrected chi connectivity index (χ2v) is 6.93. The van der Waals surface area contributed by atoms with Crippen LogP contribution in [0, 0.1) is 5.92 Å². The number of aromatic nitrogens is 4. The van der Waals surface area contributed by atoms with Crippen LogP contribution < -0.4 is 5.32 Å². The molecule has 3 heterocycles. The lowest BCUT2D eigenvalue weighted by Gasteiger charge is -2.17. The zero-order chi connectivity index (χ0) is 17.1. The molecule has 0 bridgehead atoms. The summed E-state index contributed by atoms with van der Waals surface area (Å²) in [5.74, 6) is 1.83. The quantitative estimate of drug-likeness (QED) is 0.911. The maximum absolute atomic E-state index is 12.4. The summed E-state index contributed by atoms with van der Waals surface area (Å²) < 4.78 is 3.92. The highest BCUT2D eigenvalue weighted by molar-refractivity contribution is 5.74. The molecule has 0 aliphatic carbocycles. The molecule has 1 saturated heterocycles. The van der Waals surface area contributed by atoms with Crippen LogP contribution in [0.2, 0.25) is 0 Å². The number of nitrogens with one attached hydrogen (secondary N) is 1. The summed E-state index contributed by atoms with van der Waals surface area (Å²) in [5, 5.41) is 7.22. The van der Waals surface area contributed by atoms with Crippen LogP contribution in [-0.2, 0) is 20.1 Å². The normalized spacial score (nSPS) is 17.7. The fraction of sp³-hybridized carbons (Fsp3) is 0.588. The van der Waals surface area contributed by atoms with Crippen LogP contribution in [-0.4, -0.2) is 43.4 Å². The summed E-state index contributed by atoms with van der Waals surface area (Å²) in [6.07, 6.45) is 8.68. The van der Waals surface area contributed by atoms with Crippen LogP contribution in [0.5, 0.6) is 0 Å². The van der Waals surface area contributed by atoms with Crippen molar-refractivity contribution in [1.29, 1.82) is 0 Å². The Kier molecular flexibility index (Phi) is 4.87. The van der Waals surface area contributed by atoms with E-state index in [9.17, 15) is 4.79 Å². The number of likely N-dealkylation sites (tertiary alicyclic amines) is 1. The van der Waals surface area contributed by atoms with Crippen LogP contribution in [0.4, 0.5) is 4.79 Å². The minimum absolute atomic E-state index is 0.0134. The van der Waals surface area contributed by atoms with Gasteiger partial charge in [-0.15, -0.1) is 0 Å². The molecule has 2 amide bonds. The van der Waals surface area contributed by atoms with Crippen LogP contribution in [0.25, 0.3) is 0 Å². The van der Waals surface area contributed by atoms with E-state index in [1.165, 1.54) is 5.56 Å². The second kappa shape index (κ2) is 7.07. The minimum atomic E-state index is -0.0134. The monoisotopic (exact) mass is 330 g/mol. The predicted octanol–water partition coefficient (Wildman–Crippen LogP) is 1.97. The number of amides is 2. The first-order valence-electron chi connectivity index (χ1n) is 8.54. The van der Waals surface area contributed by atoms with Crippen LogP contribution in [0.1, 0.15) is 37.6 Å². The Morgan fingerprint density at radius 3 is 3.00 bits per heavy atom. The number of imidazole rings is 1. The van der Waals surface area contributed by atoms with Gasteiger partial charge in [-0.05, 0) is 17.9 Å². The average molecular weight is 330 g/mol. The molecule has 7 heteroatoms. The van der Waals surface area contributed by atoms with Gasteiger partial charge >= 0.3 is 6.03 Å². The molecule has 1 atom stereocenters. The molecule has 24 heavy (non-hydrogen) atoms. The number of rotatable bonds is 5. The zero-order valence-electron chi connectivity index (χ0n) is 14.6. The lowest BCUT2D eigenvalue weighted by Crippen LogP contribution is -2.38. The van der Waals surface area contributed by atoms with E-state index in [2.05, 4.69) is 33.8 Å². The SMILES string of the molecule is CC(C)Cn1ccnc1CNC(=O)N1CC[C@H](c2cnn(C)c2)C1. The third kappa shape index (κ3) is 3.77. The van der Waals surface area contributed by atoms with Crippen molar-refractivity contribution >= 4 is 6.03 Å². The molecule has 1 N–H and O–H groups in total. The average Bonchev–Trinajstić information content (AvgIpc) is 3.24. The maximum Gasteiger partial charge on any atom is 0.317 e. The summed E-state index contributed by atoms with van der Waals surface area (Å²) in [4.78, 5) is 18.6. The molecular formula is C17H26N6O. The van der Waals surface area contributed by atoms with Crippen molar-refractivity contribution in [2.75, 3.05) is 13.1 Å². The van der Waals surface area contributed by atoms with Gasteiger partial charge in [-0.25, -0.2) is 9.78 Å². The van der Waals surface area contributed by atoms with Crippen molar-refractivity contribution in [3.05, 3.63) is 36.2 Å². The van der Waals surface area contributed by atoms with Crippen molar-refractivity contribution in [1.82, 2.24) is 29.5 Å². The number of hydrogen-bond acceptors (Lipinski definition) is 3. The van der Waals surface area contributed by atoms with Crippen LogP contribution >= 0.6 is 0 Å². The summed E-state index contributed by atoms with van der Waals surface area (Å²) >= 11 is 0. The predicted molar refractivity (Wildman–Crippen MR) is 91.4 cm³/mol. The molecule has 0 aromatic carbocycles. The van der Waals surface area contributed by atoms with Gasteiger partial charge in [0, 0.05) is 51.2 Å². The van der Waals surface area contributed by atoms with Crippen molar-refractivity contribution in [2.45, 2.75) is 39.3 Å².